The summed E-state index contributed by atoms with van der Waals surface area (Å²) in [4.78, 5) is 22.0. The molecule has 0 N–H and O–H groups in total. The Bertz CT molecular complexity index is 618. The Labute approximate surface area is 127 Å². The summed E-state index contributed by atoms with van der Waals surface area (Å²) in [6.45, 7) is 5.20. The molecule has 0 fully saturated rings. The third kappa shape index (κ3) is 3.49. The standard InChI is InChI=1S/C14H16N4O2S/c1-3-17(4-2)13-12(18(19)20)14(16-10-15-13)21-11-8-6-5-7-9-11/h5-10H,3-4H2,1-2H3. The maximum absolute atomic E-state index is 11.5. The maximum Gasteiger partial charge on any atom is 0.343 e. The molecule has 7 heteroatoms. The summed E-state index contributed by atoms with van der Waals surface area (Å²) in [5.41, 5.74) is -0.0324. The van der Waals surface area contributed by atoms with Crippen LogP contribution in [0, 0.1) is 10.1 Å². The lowest BCUT2D eigenvalue weighted by molar-refractivity contribution is -0.387. The van der Waals surface area contributed by atoms with Gasteiger partial charge in [0.25, 0.3) is 0 Å². The van der Waals surface area contributed by atoms with Gasteiger partial charge in [-0.3, -0.25) is 10.1 Å². The van der Waals surface area contributed by atoms with Crippen molar-refractivity contribution in [2.75, 3.05) is 18.0 Å². The van der Waals surface area contributed by atoms with E-state index in [1.165, 1.54) is 18.1 Å². The van der Waals surface area contributed by atoms with E-state index in [9.17, 15) is 10.1 Å². The van der Waals surface area contributed by atoms with Crippen molar-refractivity contribution in [1.29, 1.82) is 0 Å². The quantitative estimate of drug-likeness (QED) is 0.463. The van der Waals surface area contributed by atoms with E-state index in [4.69, 9.17) is 0 Å². The highest BCUT2D eigenvalue weighted by atomic mass is 32.2. The molecule has 1 aromatic heterocycles. The zero-order valence-corrected chi connectivity index (χ0v) is 12.7. The summed E-state index contributed by atoms with van der Waals surface area (Å²) in [5, 5.41) is 11.8. The number of nitro groups is 1. The molecule has 1 heterocycles. The highest BCUT2D eigenvalue weighted by Gasteiger charge is 2.26. The van der Waals surface area contributed by atoms with Crippen LogP contribution in [0.5, 0.6) is 0 Å². The second-order valence-corrected chi connectivity index (χ2v) is 5.26. The third-order valence-electron chi connectivity index (χ3n) is 2.97. The molecular formula is C14H16N4O2S. The minimum atomic E-state index is -0.404. The van der Waals surface area contributed by atoms with Gasteiger partial charge >= 0.3 is 5.69 Å². The zero-order chi connectivity index (χ0) is 15.2. The van der Waals surface area contributed by atoms with Gasteiger partial charge in [-0.15, -0.1) is 0 Å². The van der Waals surface area contributed by atoms with E-state index in [0.29, 0.717) is 23.9 Å². The van der Waals surface area contributed by atoms with Crippen LogP contribution >= 0.6 is 11.8 Å². The first-order valence-corrected chi connectivity index (χ1v) is 7.46. The molecule has 0 radical (unpaired) electrons. The zero-order valence-electron chi connectivity index (χ0n) is 11.9. The molecule has 2 rings (SSSR count). The fourth-order valence-corrected chi connectivity index (χ4v) is 2.82. The average molecular weight is 304 g/mol. The summed E-state index contributed by atoms with van der Waals surface area (Å²) < 4.78 is 0. The van der Waals surface area contributed by atoms with Crippen LogP contribution in [0.4, 0.5) is 11.5 Å². The highest BCUT2D eigenvalue weighted by molar-refractivity contribution is 7.99. The molecule has 0 aliphatic heterocycles. The van der Waals surface area contributed by atoms with E-state index in [2.05, 4.69) is 9.97 Å². The van der Waals surface area contributed by atoms with Crippen molar-refractivity contribution in [1.82, 2.24) is 9.97 Å². The largest absolute Gasteiger partial charge is 0.351 e. The molecular weight excluding hydrogens is 288 g/mol. The molecule has 6 nitrogen and oxygen atoms in total. The van der Waals surface area contributed by atoms with Crippen LogP contribution < -0.4 is 4.90 Å². The van der Waals surface area contributed by atoms with Crippen molar-refractivity contribution in [2.45, 2.75) is 23.8 Å². The van der Waals surface area contributed by atoms with E-state index in [1.807, 2.05) is 49.1 Å². The molecule has 0 amide bonds. The molecule has 0 atom stereocenters. The van der Waals surface area contributed by atoms with Gasteiger partial charge in [-0.25, -0.2) is 9.97 Å². The minimum absolute atomic E-state index is 0.0324. The molecule has 0 bridgehead atoms. The van der Waals surface area contributed by atoms with Gasteiger partial charge in [0.1, 0.15) is 6.33 Å². The fourth-order valence-electron chi connectivity index (χ4n) is 1.94. The summed E-state index contributed by atoms with van der Waals surface area (Å²) >= 11 is 1.28. The number of nitrogens with zero attached hydrogens (tertiary/aromatic N) is 4. The smallest absolute Gasteiger partial charge is 0.343 e. The van der Waals surface area contributed by atoms with E-state index in [1.54, 1.807) is 0 Å². The van der Waals surface area contributed by atoms with Crippen molar-refractivity contribution in [2.24, 2.45) is 0 Å². The molecule has 0 unspecified atom stereocenters. The minimum Gasteiger partial charge on any atom is -0.351 e. The number of hydrogen-bond donors (Lipinski definition) is 0. The highest BCUT2D eigenvalue weighted by Crippen LogP contribution is 2.37. The van der Waals surface area contributed by atoms with Crippen LogP contribution in [-0.2, 0) is 0 Å². The van der Waals surface area contributed by atoms with Gasteiger partial charge in [0, 0.05) is 18.0 Å². The predicted molar refractivity (Wildman–Crippen MR) is 82.8 cm³/mol. The maximum atomic E-state index is 11.5. The molecule has 0 aliphatic carbocycles. The Kier molecular flexibility index (Phi) is 5.10. The van der Waals surface area contributed by atoms with Crippen LogP contribution in [-0.4, -0.2) is 28.0 Å². The topological polar surface area (TPSA) is 72.2 Å². The number of hydrogen-bond acceptors (Lipinski definition) is 6. The predicted octanol–water partition coefficient (Wildman–Crippen LogP) is 3.38. The summed E-state index contributed by atoms with van der Waals surface area (Å²) in [6, 6.07) is 9.47. The Morgan fingerprint density at radius 2 is 1.86 bits per heavy atom. The van der Waals surface area contributed by atoms with Crippen LogP contribution in [0.1, 0.15) is 13.8 Å². The fraction of sp³-hybridized carbons (Fsp3) is 0.286. The molecule has 0 saturated heterocycles. The molecule has 1 aromatic carbocycles. The second kappa shape index (κ2) is 7.03. The summed E-state index contributed by atoms with van der Waals surface area (Å²) in [7, 11) is 0. The summed E-state index contributed by atoms with van der Waals surface area (Å²) in [5.74, 6) is 0.374. The normalized spacial score (nSPS) is 10.4. The van der Waals surface area contributed by atoms with E-state index in [0.717, 1.165) is 4.90 Å². The first kappa shape index (κ1) is 15.2. The lowest BCUT2D eigenvalue weighted by Crippen LogP contribution is -2.24. The monoisotopic (exact) mass is 304 g/mol. The molecule has 0 saturated carbocycles. The SMILES string of the molecule is CCN(CC)c1ncnc(Sc2ccccc2)c1[N+](=O)[O-]. The number of anilines is 1. The van der Waals surface area contributed by atoms with E-state index in [-0.39, 0.29) is 5.69 Å². The van der Waals surface area contributed by atoms with E-state index < -0.39 is 4.92 Å². The van der Waals surface area contributed by atoms with Gasteiger partial charge in [-0.1, -0.05) is 30.0 Å². The Hall–Kier alpha value is -2.15. The van der Waals surface area contributed by atoms with Gasteiger partial charge in [0.15, 0.2) is 5.03 Å². The Morgan fingerprint density at radius 3 is 2.43 bits per heavy atom. The van der Waals surface area contributed by atoms with Gasteiger partial charge in [0.05, 0.1) is 4.92 Å². The van der Waals surface area contributed by atoms with Crippen LogP contribution in [0.2, 0.25) is 0 Å². The van der Waals surface area contributed by atoms with Gasteiger partial charge in [0.2, 0.25) is 5.82 Å². The van der Waals surface area contributed by atoms with Gasteiger partial charge in [-0.2, -0.15) is 0 Å². The van der Waals surface area contributed by atoms with Crippen molar-refractivity contribution in [3.63, 3.8) is 0 Å². The van der Waals surface area contributed by atoms with Crippen molar-refractivity contribution < 1.29 is 4.92 Å². The number of benzene rings is 1. The molecule has 2 aromatic rings. The first-order valence-electron chi connectivity index (χ1n) is 6.64. The van der Waals surface area contributed by atoms with Gasteiger partial charge < -0.3 is 4.90 Å². The van der Waals surface area contributed by atoms with Crippen LogP contribution in [0.15, 0.2) is 46.6 Å². The van der Waals surface area contributed by atoms with Crippen molar-refractivity contribution in [3.8, 4) is 0 Å². The van der Waals surface area contributed by atoms with E-state index >= 15 is 0 Å². The average Bonchev–Trinajstić information content (AvgIpc) is 2.49. The van der Waals surface area contributed by atoms with Gasteiger partial charge in [-0.05, 0) is 26.0 Å². The van der Waals surface area contributed by atoms with Crippen molar-refractivity contribution >= 4 is 23.3 Å². The molecule has 21 heavy (non-hydrogen) atoms. The lowest BCUT2D eigenvalue weighted by Gasteiger charge is -2.19. The Balaban J connectivity index is 2.46. The Morgan fingerprint density at radius 1 is 1.19 bits per heavy atom. The lowest BCUT2D eigenvalue weighted by atomic mass is 10.4. The molecule has 110 valence electrons. The van der Waals surface area contributed by atoms with Crippen LogP contribution in [0.3, 0.4) is 0 Å². The van der Waals surface area contributed by atoms with Crippen LogP contribution in [0.25, 0.3) is 0 Å². The third-order valence-corrected chi connectivity index (χ3v) is 3.97. The summed E-state index contributed by atoms with van der Waals surface area (Å²) in [6.07, 6.45) is 1.38. The number of aromatic nitrogens is 2. The molecule has 0 spiro atoms. The molecule has 0 aliphatic rings. The van der Waals surface area contributed by atoms with Crippen molar-refractivity contribution in [3.05, 3.63) is 46.8 Å². The second-order valence-electron chi connectivity index (χ2n) is 4.20. The first-order chi connectivity index (χ1) is 10.2. The number of rotatable bonds is 6.